The molecule has 1 aliphatic carbocycles. The summed E-state index contributed by atoms with van der Waals surface area (Å²) in [6, 6.07) is 7.79. The van der Waals surface area contributed by atoms with Crippen molar-refractivity contribution in [1.82, 2.24) is 0 Å². The molecule has 0 radical (unpaired) electrons. The Kier molecular flexibility index (Phi) is 4.99. The second-order valence-electron chi connectivity index (χ2n) is 6.06. The minimum absolute atomic E-state index is 0.0774. The summed E-state index contributed by atoms with van der Waals surface area (Å²) in [4.78, 5) is 23.3. The molecular formula is C17H23NO3. The number of aliphatic carboxylic acids is 1. The number of aryl methyl sites for hydroxylation is 1. The van der Waals surface area contributed by atoms with Crippen molar-refractivity contribution in [2.75, 3.05) is 5.32 Å². The summed E-state index contributed by atoms with van der Waals surface area (Å²) in [6.45, 7) is 2.07. The number of carboxylic acid groups (broad SMARTS) is 1. The maximum Gasteiger partial charge on any atom is 0.303 e. The Hall–Kier alpha value is -1.84. The summed E-state index contributed by atoms with van der Waals surface area (Å²) < 4.78 is 0. The molecule has 4 heteroatoms. The van der Waals surface area contributed by atoms with Crippen LogP contribution in [0.3, 0.4) is 0 Å². The second-order valence-corrected chi connectivity index (χ2v) is 6.06. The SMILES string of the molecule is CCc1cccc(NC(=O)CC2(CC(=O)O)CCCC2)c1. The van der Waals surface area contributed by atoms with Gasteiger partial charge in [-0.15, -0.1) is 0 Å². The molecular weight excluding hydrogens is 266 g/mol. The lowest BCUT2D eigenvalue weighted by atomic mass is 9.79. The number of carbonyl (C=O) groups is 2. The largest absolute Gasteiger partial charge is 0.481 e. The minimum Gasteiger partial charge on any atom is -0.481 e. The van der Waals surface area contributed by atoms with Crippen molar-refractivity contribution < 1.29 is 14.7 Å². The number of anilines is 1. The van der Waals surface area contributed by atoms with Gasteiger partial charge in [0.2, 0.25) is 5.91 Å². The first kappa shape index (κ1) is 15.5. The normalized spacial score (nSPS) is 16.6. The molecule has 1 aromatic rings. The molecule has 1 fully saturated rings. The van der Waals surface area contributed by atoms with Gasteiger partial charge in [0.15, 0.2) is 0 Å². The monoisotopic (exact) mass is 289 g/mol. The van der Waals surface area contributed by atoms with E-state index in [1.807, 2.05) is 24.3 Å². The maximum absolute atomic E-state index is 12.3. The lowest BCUT2D eigenvalue weighted by Gasteiger charge is -2.26. The average Bonchev–Trinajstić information content (AvgIpc) is 2.85. The first-order valence-electron chi connectivity index (χ1n) is 7.64. The van der Waals surface area contributed by atoms with Gasteiger partial charge in [0.05, 0.1) is 6.42 Å². The van der Waals surface area contributed by atoms with Gasteiger partial charge < -0.3 is 10.4 Å². The van der Waals surface area contributed by atoms with E-state index in [2.05, 4.69) is 12.2 Å². The highest BCUT2D eigenvalue weighted by Crippen LogP contribution is 2.44. The number of benzene rings is 1. The number of amides is 1. The van der Waals surface area contributed by atoms with Crippen LogP contribution in [0.15, 0.2) is 24.3 Å². The Labute approximate surface area is 125 Å². The smallest absolute Gasteiger partial charge is 0.303 e. The topological polar surface area (TPSA) is 66.4 Å². The van der Waals surface area contributed by atoms with E-state index in [0.717, 1.165) is 37.8 Å². The maximum atomic E-state index is 12.3. The predicted octanol–water partition coefficient (Wildman–Crippen LogP) is 3.61. The van der Waals surface area contributed by atoms with E-state index in [1.165, 1.54) is 5.56 Å². The Morgan fingerprint density at radius 1 is 1.24 bits per heavy atom. The van der Waals surface area contributed by atoms with Gasteiger partial charge in [-0.05, 0) is 42.4 Å². The Balaban J connectivity index is 2.00. The highest BCUT2D eigenvalue weighted by Gasteiger charge is 2.37. The van der Waals surface area contributed by atoms with Crippen LogP contribution in [0, 0.1) is 5.41 Å². The fourth-order valence-electron chi connectivity index (χ4n) is 3.28. The van der Waals surface area contributed by atoms with Crippen molar-refractivity contribution in [3.05, 3.63) is 29.8 Å². The van der Waals surface area contributed by atoms with Crippen LogP contribution in [-0.4, -0.2) is 17.0 Å². The predicted molar refractivity (Wildman–Crippen MR) is 82.2 cm³/mol. The highest BCUT2D eigenvalue weighted by molar-refractivity contribution is 5.91. The van der Waals surface area contributed by atoms with Crippen LogP contribution in [0.5, 0.6) is 0 Å². The Morgan fingerprint density at radius 2 is 1.95 bits per heavy atom. The number of nitrogens with one attached hydrogen (secondary N) is 1. The quantitative estimate of drug-likeness (QED) is 0.840. The standard InChI is InChI=1S/C17H23NO3/c1-2-13-6-5-7-14(10-13)18-15(19)11-17(12-16(20)21)8-3-4-9-17/h5-7,10H,2-4,8-9,11-12H2,1H3,(H,18,19)(H,20,21). The van der Waals surface area contributed by atoms with E-state index in [-0.39, 0.29) is 17.7 Å². The van der Waals surface area contributed by atoms with Crippen molar-refractivity contribution in [2.45, 2.75) is 51.9 Å². The zero-order valence-electron chi connectivity index (χ0n) is 12.5. The van der Waals surface area contributed by atoms with Crippen molar-refractivity contribution in [1.29, 1.82) is 0 Å². The molecule has 21 heavy (non-hydrogen) atoms. The number of hydrogen-bond acceptors (Lipinski definition) is 2. The second kappa shape index (κ2) is 6.74. The van der Waals surface area contributed by atoms with Crippen molar-refractivity contribution in [3.63, 3.8) is 0 Å². The van der Waals surface area contributed by atoms with Crippen LogP contribution in [0.25, 0.3) is 0 Å². The third kappa shape index (κ3) is 4.31. The molecule has 114 valence electrons. The van der Waals surface area contributed by atoms with E-state index in [4.69, 9.17) is 5.11 Å². The lowest BCUT2D eigenvalue weighted by Crippen LogP contribution is -2.27. The zero-order valence-corrected chi connectivity index (χ0v) is 12.5. The van der Waals surface area contributed by atoms with E-state index >= 15 is 0 Å². The van der Waals surface area contributed by atoms with Gasteiger partial charge in [-0.25, -0.2) is 0 Å². The Bertz CT molecular complexity index is 519. The lowest BCUT2D eigenvalue weighted by molar-refractivity contribution is -0.140. The molecule has 4 nitrogen and oxygen atoms in total. The molecule has 0 bridgehead atoms. The van der Waals surface area contributed by atoms with Gasteiger partial charge >= 0.3 is 5.97 Å². The highest BCUT2D eigenvalue weighted by atomic mass is 16.4. The average molecular weight is 289 g/mol. The zero-order chi connectivity index (χ0) is 15.3. The van der Waals surface area contributed by atoms with Crippen LogP contribution >= 0.6 is 0 Å². The van der Waals surface area contributed by atoms with Gasteiger partial charge in [-0.1, -0.05) is 31.9 Å². The number of carbonyl (C=O) groups excluding carboxylic acids is 1. The molecule has 1 aromatic carbocycles. The molecule has 2 rings (SSSR count). The van der Waals surface area contributed by atoms with E-state index in [9.17, 15) is 9.59 Å². The van der Waals surface area contributed by atoms with Crippen molar-refractivity contribution >= 4 is 17.6 Å². The summed E-state index contributed by atoms with van der Waals surface area (Å²) in [6.07, 6.45) is 5.03. The van der Waals surface area contributed by atoms with Crippen LogP contribution in [0.4, 0.5) is 5.69 Å². The summed E-state index contributed by atoms with van der Waals surface area (Å²) >= 11 is 0. The summed E-state index contributed by atoms with van der Waals surface area (Å²) in [5.74, 6) is -0.885. The van der Waals surface area contributed by atoms with Crippen molar-refractivity contribution in [3.8, 4) is 0 Å². The molecule has 0 unspecified atom stereocenters. The molecule has 1 saturated carbocycles. The van der Waals surface area contributed by atoms with Gasteiger partial charge in [0, 0.05) is 12.1 Å². The number of hydrogen-bond donors (Lipinski definition) is 2. The molecule has 1 aliphatic rings. The van der Waals surface area contributed by atoms with E-state index < -0.39 is 5.97 Å². The van der Waals surface area contributed by atoms with Crippen molar-refractivity contribution in [2.24, 2.45) is 5.41 Å². The van der Waals surface area contributed by atoms with Gasteiger partial charge in [-0.3, -0.25) is 9.59 Å². The van der Waals surface area contributed by atoms with E-state index in [0.29, 0.717) is 6.42 Å². The fourth-order valence-corrected chi connectivity index (χ4v) is 3.28. The third-order valence-electron chi connectivity index (χ3n) is 4.34. The first-order valence-corrected chi connectivity index (χ1v) is 7.64. The van der Waals surface area contributed by atoms with Crippen LogP contribution in [0.2, 0.25) is 0 Å². The summed E-state index contributed by atoms with van der Waals surface area (Å²) in [7, 11) is 0. The van der Waals surface area contributed by atoms with E-state index in [1.54, 1.807) is 0 Å². The molecule has 0 aromatic heterocycles. The Morgan fingerprint density at radius 3 is 2.57 bits per heavy atom. The summed E-state index contributed by atoms with van der Waals surface area (Å²) in [5.41, 5.74) is 1.62. The van der Waals surface area contributed by atoms with Crippen LogP contribution < -0.4 is 5.32 Å². The molecule has 1 amide bonds. The third-order valence-corrected chi connectivity index (χ3v) is 4.34. The van der Waals surface area contributed by atoms with Crippen LogP contribution in [0.1, 0.15) is 51.0 Å². The number of rotatable bonds is 6. The summed E-state index contributed by atoms with van der Waals surface area (Å²) in [5, 5.41) is 12.0. The molecule has 0 spiro atoms. The first-order chi connectivity index (χ1) is 10.0. The minimum atomic E-state index is -0.808. The van der Waals surface area contributed by atoms with Crippen LogP contribution in [-0.2, 0) is 16.0 Å². The molecule has 0 saturated heterocycles. The molecule has 0 heterocycles. The fraction of sp³-hybridized carbons (Fsp3) is 0.529. The number of carboxylic acids is 1. The van der Waals surface area contributed by atoms with Gasteiger partial charge in [0.25, 0.3) is 0 Å². The molecule has 2 N–H and O–H groups in total. The molecule has 0 atom stereocenters. The van der Waals surface area contributed by atoms with Gasteiger partial charge in [-0.2, -0.15) is 0 Å². The van der Waals surface area contributed by atoms with Gasteiger partial charge in [0.1, 0.15) is 0 Å². The molecule has 0 aliphatic heterocycles.